The average Bonchev–Trinajstić information content (AvgIpc) is 3.00. The van der Waals surface area contributed by atoms with Crippen molar-refractivity contribution in [2.24, 2.45) is 0 Å². The highest BCUT2D eigenvalue weighted by atomic mass is 35.5. The maximum absolute atomic E-state index is 12.8. The van der Waals surface area contributed by atoms with Crippen molar-refractivity contribution in [1.29, 1.82) is 0 Å². The second-order valence-corrected chi connectivity index (χ2v) is 7.59. The summed E-state index contributed by atoms with van der Waals surface area (Å²) < 4.78 is 8.41. The molecule has 0 saturated carbocycles. The summed E-state index contributed by atoms with van der Waals surface area (Å²) in [7, 11) is 0. The Morgan fingerprint density at radius 3 is 2.82 bits per heavy atom. The second-order valence-electron chi connectivity index (χ2n) is 6.10. The van der Waals surface area contributed by atoms with Gasteiger partial charge in [-0.3, -0.25) is 13.9 Å². The van der Waals surface area contributed by atoms with Crippen LogP contribution in [0.4, 0.5) is 0 Å². The van der Waals surface area contributed by atoms with Gasteiger partial charge in [-0.2, -0.15) is 0 Å². The highest BCUT2D eigenvalue weighted by Crippen LogP contribution is 2.21. The van der Waals surface area contributed by atoms with Gasteiger partial charge in [0.2, 0.25) is 0 Å². The summed E-state index contributed by atoms with van der Waals surface area (Å²) in [5.74, 6) is 0.141. The van der Waals surface area contributed by atoms with E-state index in [9.17, 15) is 9.59 Å². The van der Waals surface area contributed by atoms with E-state index in [-0.39, 0.29) is 5.56 Å². The minimum absolute atomic E-state index is 0.144. The van der Waals surface area contributed by atoms with Crippen LogP contribution in [0.2, 0.25) is 5.02 Å². The molecule has 4 aromatic rings. The van der Waals surface area contributed by atoms with Gasteiger partial charge < -0.3 is 4.42 Å². The summed E-state index contributed by atoms with van der Waals surface area (Å²) >= 11 is 7.45. The van der Waals surface area contributed by atoms with Gasteiger partial charge in [-0.15, -0.1) is 6.58 Å². The molecule has 4 rings (SSSR count). The van der Waals surface area contributed by atoms with E-state index in [4.69, 9.17) is 16.0 Å². The number of benzene rings is 2. The number of oxazole rings is 1. The fraction of sp³-hybridized carbons (Fsp3) is 0.150. The number of nitrogens with zero attached hydrogens (tertiary/aromatic N) is 3. The third-order valence-electron chi connectivity index (χ3n) is 4.31. The molecule has 0 unspecified atom stereocenters. The van der Waals surface area contributed by atoms with Gasteiger partial charge in [-0.25, -0.2) is 9.78 Å². The van der Waals surface area contributed by atoms with Crippen molar-refractivity contribution in [3.8, 4) is 0 Å². The Kier molecular flexibility index (Phi) is 5.11. The molecule has 0 fully saturated rings. The molecule has 0 radical (unpaired) electrons. The molecule has 28 heavy (non-hydrogen) atoms. The summed E-state index contributed by atoms with van der Waals surface area (Å²) in [6.07, 6.45) is 1.66. The zero-order valence-electron chi connectivity index (χ0n) is 14.8. The molecule has 8 heteroatoms. The van der Waals surface area contributed by atoms with Crippen LogP contribution in [0.5, 0.6) is 0 Å². The largest absolute Gasteiger partial charge is 0.419 e. The van der Waals surface area contributed by atoms with E-state index in [1.165, 1.54) is 11.8 Å². The molecule has 6 nitrogen and oxygen atoms in total. The maximum Gasteiger partial charge on any atom is 0.419 e. The van der Waals surface area contributed by atoms with Crippen molar-refractivity contribution in [2.75, 3.05) is 5.75 Å². The highest BCUT2D eigenvalue weighted by Gasteiger charge is 2.13. The van der Waals surface area contributed by atoms with E-state index in [1.807, 2.05) is 18.2 Å². The smallest absolute Gasteiger partial charge is 0.408 e. The number of rotatable bonds is 6. The fourth-order valence-electron chi connectivity index (χ4n) is 3.03. The van der Waals surface area contributed by atoms with Crippen molar-refractivity contribution < 1.29 is 4.42 Å². The average molecular weight is 414 g/mol. The molecule has 0 N–H and O–H groups in total. The van der Waals surface area contributed by atoms with Crippen LogP contribution in [0.15, 0.2) is 74.3 Å². The molecule has 2 aromatic heterocycles. The van der Waals surface area contributed by atoms with E-state index in [2.05, 4.69) is 11.6 Å². The third kappa shape index (κ3) is 3.39. The van der Waals surface area contributed by atoms with Gasteiger partial charge in [0.1, 0.15) is 0 Å². The van der Waals surface area contributed by atoms with E-state index in [1.54, 1.807) is 39.5 Å². The lowest BCUT2D eigenvalue weighted by molar-refractivity contribution is 0.514. The predicted molar refractivity (Wildman–Crippen MR) is 112 cm³/mol. The van der Waals surface area contributed by atoms with Gasteiger partial charge >= 0.3 is 5.76 Å². The molecule has 0 aliphatic carbocycles. The lowest BCUT2D eigenvalue weighted by Gasteiger charge is -2.11. The monoisotopic (exact) mass is 413 g/mol. The number of thioether (sulfide) groups is 1. The molecular formula is C20H16ClN3O3S. The highest BCUT2D eigenvalue weighted by molar-refractivity contribution is 7.99. The van der Waals surface area contributed by atoms with Crippen LogP contribution in [0.1, 0.15) is 0 Å². The van der Waals surface area contributed by atoms with Gasteiger partial charge in [-0.05, 0) is 30.3 Å². The quantitative estimate of drug-likeness (QED) is 0.272. The molecule has 0 bridgehead atoms. The van der Waals surface area contributed by atoms with Gasteiger partial charge in [0.05, 0.1) is 16.4 Å². The number of hydrogen-bond acceptors (Lipinski definition) is 5. The summed E-state index contributed by atoms with van der Waals surface area (Å²) in [5.41, 5.74) is 1.70. The second kappa shape index (κ2) is 7.69. The van der Waals surface area contributed by atoms with Gasteiger partial charge in [-0.1, -0.05) is 41.6 Å². The Morgan fingerprint density at radius 1 is 1.18 bits per heavy atom. The Labute approximate surface area is 169 Å². The minimum Gasteiger partial charge on any atom is -0.408 e. The van der Waals surface area contributed by atoms with E-state index in [0.717, 1.165) is 5.52 Å². The molecule has 142 valence electrons. The van der Waals surface area contributed by atoms with Gasteiger partial charge in [0.15, 0.2) is 10.7 Å². The Bertz CT molecular complexity index is 1310. The molecular weight excluding hydrogens is 398 g/mol. The number of aromatic nitrogens is 3. The van der Waals surface area contributed by atoms with Crippen LogP contribution < -0.4 is 11.3 Å². The normalized spacial score (nSPS) is 11.3. The first kappa shape index (κ1) is 18.6. The first-order valence-corrected chi connectivity index (χ1v) is 9.97. The van der Waals surface area contributed by atoms with Crippen molar-refractivity contribution in [3.05, 3.63) is 81.0 Å². The standard InChI is InChI=1S/C20H16ClN3O3S/c1-2-9-24-18(25)14-8-7-13(21)12-15(14)22-19(24)28-11-10-23-16-5-3-4-6-17(16)27-20(23)26/h2-8,12H,1,9-11H2. The molecule has 0 aliphatic rings. The van der Waals surface area contributed by atoms with Gasteiger partial charge in [0.25, 0.3) is 5.56 Å². The van der Waals surface area contributed by atoms with Crippen molar-refractivity contribution >= 4 is 45.4 Å². The summed E-state index contributed by atoms with van der Waals surface area (Å²) in [6, 6.07) is 12.3. The number of halogens is 1. The first-order chi connectivity index (χ1) is 13.6. The topological polar surface area (TPSA) is 70.0 Å². The lowest BCUT2D eigenvalue weighted by Crippen LogP contribution is -2.23. The van der Waals surface area contributed by atoms with Gasteiger partial charge in [0, 0.05) is 23.9 Å². The lowest BCUT2D eigenvalue weighted by atomic mass is 10.2. The first-order valence-electron chi connectivity index (χ1n) is 8.60. The minimum atomic E-state index is -0.400. The summed E-state index contributed by atoms with van der Waals surface area (Å²) in [4.78, 5) is 29.5. The third-order valence-corrected chi connectivity index (χ3v) is 5.51. The predicted octanol–water partition coefficient (Wildman–Crippen LogP) is 3.94. The molecule has 2 heterocycles. The molecule has 2 aromatic carbocycles. The summed E-state index contributed by atoms with van der Waals surface area (Å²) in [6.45, 7) is 4.50. The van der Waals surface area contributed by atoms with E-state index in [0.29, 0.717) is 45.5 Å². The summed E-state index contributed by atoms with van der Waals surface area (Å²) in [5, 5.41) is 1.58. The number of para-hydroxylation sites is 2. The van der Waals surface area contributed by atoms with E-state index < -0.39 is 5.76 Å². The van der Waals surface area contributed by atoms with Crippen LogP contribution in [0.25, 0.3) is 22.0 Å². The number of hydrogen-bond donors (Lipinski definition) is 0. The van der Waals surface area contributed by atoms with Crippen molar-refractivity contribution in [2.45, 2.75) is 18.2 Å². The van der Waals surface area contributed by atoms with Crippen molar-refractivity contribution in [3.63, 3.8) is 0 Å². The number of aryl methyl sites for hydroxylation is 1. The molecule has 0 aliphatic heterocycles. The molecule has 0 spiro atoms. The van der Waals surface area contributed by atoms with Crippen LogP contribution in [-0.2, 0) is 13.1 Å². The van der Waals surface area contributed by atoms with Crippen LogP contribution in [0.3, 0.4) is 0 Å². The Balaban J connectivity index is 1.66. The fourth-order valence-corrected chi connectivity index (χ4v) is 4.13. The van der Waals surface area contributed by atoms with Crippen LogP contribution in [-0.4, -0.2) is 19.9 Å². The van der Waals surface area contributed by atoms with Crippen molar-refractivity contribution in [1.82, 2.24) is 14.1 Å². The maximum atomic E-state index is 12.8. The SMILES string of the molecule is C=CCn1c(SCCn2c(=O)oc3ccccc32)nc2cc(Cl)ccc2c1=O. The Hall–Kier alpha value is -2.77. The van der Waals surface area contributed by atoms with Crippen LogP contribution in [0, 0.1) is 0 Å². The number of allylic oxidation sites excluding steroid dienone is 1. The van der Waals surface area contributed by atoms with E-state index >= 15 is 0 Å². The zero-order chi connectivity index (χ0) is 19.7. The zero-order valence-corrected chi connectivity index (χ0v) is 16.4. The molecule has 0 amide bonds. The number of fused-ring (bicyclic) bond motifs is 2. The Morgan fingerprint density at radius 2 is 2.00 bits per heavy atom. The van der Waals surface area contributed by atoms with Crippen LogP contribution >= 0.6 is 23.4 Å². The molecule has 0 atom stereocenters. The molecule has 0 saturated heterocycles.